The number of rotatable bonds is 7. The minimum Gasteiger partial charge on any atom is -0.399 e. The summed E-state index contributed by atoms with van der Waals surface area (Å²) in [4.78, 5) is 19.0. The van der Waals surface area contributed by atoms with E-state index in [1.54, 1.807) is 16.8 Å². The molecule has 3 rings (SSSR count). The van der Waals surface area contributed by atoms with Gasteiger partial charge in [-0.1, -0.05) is 0 Å². The third kappa shape index (κ3) is 4.35. The number of benzene rings is 1. The van der Waals surface area contributed by atoms with E-state index in [1.165, 1.54) is 6.33 Å². The number of hydrogen-bond donors (Lipinski definition) is 3. The molecule has 0 saturated heterocycles. The molecule has 0 aliphatic heterocycles. The number of anilines is 3. The van der Waals surface area contributed by atoms with E-state index in [-0.39, 0.29) is 5.91 Å². The Bertz CT molecular complexity index is 948. The average Bonchev–Trinajstić information content (AvgIpc) is 3.07. The Hall–Kier alpha value is -3.13. The van der Waals surface area contributed by atoms with Crippen molar-refractivity contribution < 1.29 is 4.79 Å². The SMILES string of the molecule is Cc1cc(Nc2ncnn3ccc(C(=O)NCCCN(C)C)c23)ccc1N. The smallest absolute Gasteiger partial charge is 0.253 e. The normalized spacial score (nSPS) is 11.1. The summed E-state index contributed by atoms with van der Waals surface area (Å²) in [6.45, 7) is 3.48. The maximum atomic E-state index is 12.6. The summed E-state index contributed by atoms with van der Waals surface area (Å²) >= 11 is 0. The van der Waals surface area contributed by atoms with Crippen LogP contribution in [-0.4, -0.2) is 52.6 Å². The number of aromatic nitrogens is 3. The van der Waals surface area contributed by atoms with Gasteiger partial charge in [0.05, 0.1) is 5.56 Å². The van der Waals surface area contributed by atoms with Crippen LogP contribution in [-0.2, 0) is 0 Å². The van der Waals surface area contributed by atoms with Crippen molar-refractivity contribution in [3.05, 3.63) is 47.9 Å². The van der Waals surface area contributed by atoms with Gasteiger partial charge in [0.2, 0.25) is 0 Å². The van der Waals surface area contributed by atoms with E-state index < -0.39 is 0 Å². The highest BCUT2D eigenvalue weighted by atomic mass is 16.1. The van der Waals surface area contributed by atoms with Gasteiger partial charge in [-0.3, -0.25) is 4.79 Å². The van der Waals surface area contributed by atoms with E-state index in [2.05, 4.69) is 25.6 Å². The number of carbonyl (C=O) groups excluding carboxylic acids is 1. The van der Waals surface area contributed by atoms with E-state index in [0.717, 1.165) is 29.9 Å². The fraction of sp³-hybridized carbons (Fsp3) is 0.316. The first-order valence-electron chi connectivity index (χ1n) is 8.84. The standard InChI is InChI=1S/C19H25N7O/c1-13-11-14(5-6-16(13)20)24-18-17-15(7-10-26(17)23-12-22-18)19(27)21-8-4-9-25(2)3/h5-7,10-12H,4,8-9,20H2,1-3H3,(H,21,27)(H,22,23,24). The number of nitrogen functional groups attached to an aromatic ring is 1. The first-order valence-corrected chi connectivity index (χ1v) is 8.84. The molecular weight excluding hydrogens is 342 g/mol. The second-order valence-electron chi connectivity index (χ2n) is 6.74. The van der Waals surface area contributed by atoms with Gasteiger partial charge in [0, 0.05) is 24.1 Å². The van der Waals surface area contributed by atoms with Crippen molar-refractivity contribution >= 4 is 28.6 Å². The summed E-state index contributed by atoms with van der Waals surface area (Å²) < 4.78 is 1.65. The number of fused-ring (bicyclic) bond motifs is 1. The summed E-state index contributed by atoms with van der Waals surface area (Å²) in [5.41, 5.74) is 9.61. The molecule has 0 atom stereocenters. The molecule has 0 saturated carbocycles. The molecule has 0 fully saturated rings. The number of nitrogens with one attached hydrogen (secondary N) is 2. The number of nitrogens with two attached hydrogens (primary N) is 1. The fourth-order valence-corrected chi connectivity index (χ4v) is 2.81. The van der Waals surface area contributed by atoms with E-state index in [1.807, 2.05) is 39.2 Å². The zero-order valence-corrected chi connectivity index (χ0v) is 15.9. The molecule has 1 amide bonds. The Kier molecular flexibility index (Phi) is 5.56. The molecule has 142 valence electrons. The minimum atomic E-state index is -0.136. The van der Waals surface area contributed by atoms with Crippen molar-refractivity contribution in [2.24, 2.45) is 0 Å². The van der Waals surface area contributed by atoms with Gasteiger partial charge in [-0.25, -0.2) is 9.50 Å². The summed E-state index contributed by atoms with van der Waals surface area (Å²) in [5, 5.41) is 10.4. The van der Waals surface area contributed by atoms with Gasteiger partial charge in [0.25, 0.3) is 5.91 Å². The highest BCUT2D eigenvalue weighted by Crippen LogP contribution is 2.24. The van der Waals surface area contributed by atoms with Crippen molar-refractivity contribution in [1.29, 1.82) is 0 Å². The zero-order chi connectivity index (χ0) is 19.4. The minimum absolute atomic E-state index is 0.136. The van der Waals surface area contributed by atoms with Crippen LogP contribution in [0.1, 0.15) is 22.3 Å². The van der Waals surface area contributed by atoms with E-state index >= 15 is 0 Å². The van der Waals surface area contributed by atoms with Gasteiger partial charge in [-0.05, 0) is 63.8 Å². The van der Waals surface area contributed by atoms with E-state index in [4.69, 9.17) is 5.73 Å². The molecule has 0 aliphatic rings. The van der Waals surface area contributed by atoms with Crippen molar-refractivity contribution in [1.82, 2.24) is 24.8 Å². The van der Waals surface area contributed by atoms with Crippen LogP contribution in [0.5, 0.6) is 0 Å². The lowest BCUT2D eigenvalue weighted by Gasteiger charge is -2.11. The monoisotopic (exact) mass is 367 g/mol. The van der Waals surface area contributed by atoms with Crippen LogP contribution in [0.2, 0.25) is 0 Å². The first kappa shape index (κ1) is 18.7. The number of nitrogens with zero attached hydrogens (tertiary/aromatic N) is 4. The second-order valence-corrected chi connectivity index (χ2v) is 6.74. The quantitative estimate of drug-likeness (QED) is 0.436. The van der Waals surface area contributed by atoms with Gasteiger partial charge in [0.1, 0.15) is 11.8 Å². The topological polar surface area (TPSA) is 101 Å². The summed E-state index contributed by atoms with van der Waals surface area (Å²) in [5.74, 6) is 0.431. The molecule has 0 unspecified atom stereocenters. The highest BCUT2D eigenvalue weighted by molar-refractivity contribution is 6.04. The first-order chi connectivity index (χ1) is 13.0. The molecule has 1 aromatic carbocycles. The van der Waals surface area contributed by atoms with Gasteiger partial charge < -0.3 is 21.3 Å². The molecule has 2 heterocycles. The average molecular weight is 367 g/mol. The zero-order valence-electron chi connectivity index (χ0n) is 15.9. The van der Waals surface area contributed by atoms with Gasteiger partial charge in [-0.2, -0.15) is 5.10 Å². The van der Waals surface area contributed by atoms with Gasteiger partial charge in [0.15, 0.2) is 5.82 Å². The third-order valence-corrected chi connectivity index (χ3v) is 4.30. The molecule has 0 radical (unpaired) electrons. The van der Waals surface area contributed by atoms with Crippen LogP contribution in [0, 0.1) is 6.92 Å². The van der Waals surface area contributed by atoms with Gasteiger partial charge >= 0.3 is 0 Å². The highest BCUT2D eigenvalue weighted by Gasteiger charge is 2.16. The maximum absolute atomic E-state index is 12.6. The molecule has 27 heavy (non-hydrogen) atoms. The summed E-state index contributed by atoms with van der Waals surface area (Å²) in [6.07, 6.45) is 4.10. The Balaban J connectivity index is 1.83. The molecule has 2 aromatic heterocycles. The molecule has 3 aromatic rings. The molecule has 0 aliphatic carbocycles. The number of aryl methyl sites for hydroxylation is 1. The van der Waals surface area contributed by atoms with Crippen molar-refractivity contribution in [3.63, 3.8) is 0 Å². The largest absolute Gasteiger partial charge is 0.399 e. The lowest BCUT2D eigenvalue weighted by molar-refractivity contribution is 0.0954. The van der Waals surface area contributed by atoms with Crippen molar-refractivity contribution in [2.45, 2.75) is 13.3 Å². The lowest BCUT2D eigenvalue weighted by Crippen LogP contribution is -2.27. The summed E-state index contributed by atoms with van der Waals surface area (Å²) in [6, 6.07) is 7.42. The maximum Gasteiger partial charge on any atom is 0.253 e. The Morgan fingerprint density at radius 3 is 2.85 bits per heavy atom. The number of hydrogen-bond acceptors (Lipinski definition) is 6. The predicted octanol–water partition coefficient (Wildman–Crippen LogP) is 2.05. The molecule has 0 bridgehead atoms. The molecule has 8 nitrogen and oxygen atoms in total. The van der Waals surface area contributed by atoms with Crippen LogP contribution in [0.15, 0.2) is 36.8 Å². The van der Waals surface area contributed by atoms with Crippen LogP contribution in [0.25, 0.3) is 5.52 Å². The molecule has 0 spiro atoms. The van der Waals surface area contributed by atoms with E-state index in [9.17, 15) is 4.79 Å². The molecular formula is C19H25N7O. The van der Waals surface area contributed by atoms with Crippen molar-refractivity contribution in [2.75, 3.05) is 38.2 Å². The number of carbonyl (C=O) groups is 1. The van der Waals surface area contributed by atoms with Crippen molar-refractivity contribution in [3.8, 4) is 0 Å². The van der Waals surface area contributed by atoms with Crippen LogP contribution in [0.4, 0.5) is 17.2 Å². The van der Waals surface area contributed by atoms with Crippen LogP contribution >= 0.6 is 0 Å². The molecule has 4 N–H and O–H groups in total. The molecule has 8 heteroatoms. The Morgan fingerprint density at radius 2 is 2.11 bits per heavy atom. The van der Waals surface area contributed by atoms with Crippen LogP contribution < -0.4 is 16.4 Å². The number of amides is 1. The predicted molar refractivity (Wildman–Crippen MR) is 107 cm³/mol. The lowest BCUT2D eigenvalue weighted by atomic mass is 10.2. The van der Waals surface area contributed by atoms with Gasteiger partial charge in [-0.15, -0.1) is 0 Å². The van der Waals surface area contributed by atoms with E-state index in [0.29, 0.717) is 23.4 Å². The fourth-order valence-electron chi connectivity index (χ4n) is 2.81. The Labute approximate surface area is 158 Å². The summed E-state index contributed by atoms with van der Waals surface area (Å²) in [7, 11) is 4.02. The third-order valence-electron chi connectivity index (χ3n) is 4.30. The Morgan fingerprint density at radius 1 is 1.30 bits per heavy atom. The van der Waals surface area contributed by atoms with Crippen LogP contribution in [0.3, 0.4) is 0 Å². The second kappa shape index (κ2) is 8.05.